The highest BCUT2D eigenvalue weighted by Crippen LogP contribution is 2.26. The molecule has 0 radical (unpaired) electrons. The third kappa shape index (κ3) is 1.19. The fourth-order valence-corrected chi connectivity index (χ4v) is 1.72. The molecule has 12 heavy (non-hydrogen) atoms. The SMILES string of the molecule is Clc1nncc2c(Br)cccc12. The predicted molar refractivity (Wildman–Crippen MR) is 52.2 cm³/mol. The molecule has 60 valence electrons. The van der Waals surface area contributed by atoms with Crippen LogP contribution >= 0.6 is 27.5 Å². The number of aromatic nitrogens is 2. The minimum absolute atomic E-state index is 0.439. The standard InChI is InChI=1S/C8H4BrClN2/c9-7-3-1-2-5-6(7)4-11-12-8(5)10/h1-4H. The Morgan fingerprint density at radius 2 is 2.08 bits per heavy atom. The highest BCUT2D eigenvalue weighted by Gasteiger charge is 2.01. The molecular formula is C8H4BrClN2. The zero-order valence-electron chi connectivity index (χ0n) is 5.96. The Balaban J connectivity index is 2.94. The topological polar surface area (TPSA) is 25.8 Å². The molecule has 2 rings (SSSR count). The Kier molecular flexibility index (Phi) is 1.98. The van der Waals surface area contributed by atoms with Crippen LogP contribution in [0.2, 0.25) is 5.15 Å². The maximum Gasteiger partial charge on any atom is 0.159 e. The van der Waals surface area contributed by atoms with Crippen molar-refractivity contribution in [3.63, 3.8) is 0 Å². The van der Waals surface area contributed by atoms with Gasteiger partial charge < -0.3 is 0 Å². The molecule has 0 spiro atoms. The van der Waals surface area contributed by atoms with Gasteiger partial charge in [-0.2, -0.15) is 5.10 Å². The quantitative estimate of drug-likeness (QED) is 0.711. The molecule has 1 heterocycles. The Morgan fingerprint density at radius 1 is 1.25 bits per heavy atom. The molecule has 0 amide bonds. The summed E-state index contributed by atoms with van der Waals surface area (Å²) in [6, 6.07) is 5.78. The molecule has 0 unspecified atom stereocenters. The summed E-state index contributed by atoms with van der Waals surface area (Å²) < 4.78 is 0.983. The van der Waals surface area contributed by atoms with E-state index in [-0.39, 0.29) is 0 Å². The number of nitrogens with zero attached hydrogens (tertiary/aromatic N) is 2. The van der Waals surface area contributed by atoms with Crippen LogP contribution < -0.4 is 0 Å². The summed E-state index contributed by atoms with van der Waals surface area (Å²) in [5.41, 5.74) is 0. The van der Waals surface area contributed by atoms with Gasteiger partial charge in [0, 0.05) is 15.2 Å². The number of hydrogen-bond acceptors (Lipinski definition) is 2. The average molecular weight is 243 g/mol. The fourth-order valence-electron chi connectivity index (χ4n) is 1.04. The highest BCUT2D eigenvalue weighted by molar-refractivity contribution is 9.10. The smallest absolute Gasteiger partial charge is 0.157 e. The highest BCUT2D eigenvalue weighted by atomic mass is 79.9. The molecule has 0 saturated heterocycles. The summed E-state index contributed by atoms with van der Waals surface area (Å²) in [6.07, 6.45) is 1.69. The first kappa shape index (κ1) is 7.95. The summed E-state index contributed by atoms with van der Waals surface area (Å²) in [7, 11) is 0. The minimum atomic E-state index is 0.439. The van der Waals surface area contributed by atoms with Crippen molar-refractivity contribution in [3.05, 3.63) is 34.0 Å². The number of halogens is 2. The first-order valence-electron chi connectivity index (χ1n) is 3.34. The minimum Gasteiger partial charge on any atom is -0.157 e. The van der Waals surface area contributed by atoms with E-state index in [2.05, 4.69) is 26.1 Å². The number of rotatable bonds is 0. The molecule has 2 nitrogen and oxygen atoms in total. The van der Waals surface area contributed by atoms with Crippen molar-refractivity contribution in [2.75, 3.05) is 0 Å². The molecule has 1 aromatic carbocycles. The summed E-state index contributed by atoms with van der Waals surface area (Å²) >= 11 is 9.24. The van der Waals surface area contributed by atoms with Gasteiger partial charge in [0.05, 0.1) is 6.20 Å². The zero-order chi connectivity index (χ0) is 8.55. The summed E-state index contributed by atoms with van der Waals surface area (Å²) in [6.45, 7) is 0. The van der Waals surface area contributed by atoms with E-state index < -0.39 is 0 Å². The molecule has 0 fully saturated rings. The van der Waals surface area contributed by atoms with Gasteiger partial charge >= 0.3 is 0 Å². The third-order valence-corrected chi connectivity index (χ3v) is 2.58. The van der Waals surface area contributed by atoms with Gasteiger partial charge in [-0.15, -0.1) is 5.10 Å². The Hall–Kier alpha value is -0.670. The summed E-state index contributed by atoms with van der Waals surface area (Å²) in [5.74, 6) is 0. The predicted octanol–water partition coefficient (Wildman–Crippen LogP) is 3.05. The van der Waals surface area contributed by atoms with Crippen molar-refractivity contribution in [2.24, 2.45) is 0 Å². The lowest BCUT2D eigenvalue weighted by Crippen LogP contribution is -1.83. The van der Waals surface area contributed by atoms with E-state index in [0.717, 1.165) is 15.2 Å². The monoisotopic (exact) mass is 242 g/mol. The maximum absolute atomic E-state index is 5.83. The molecular weight excluding hydrogens is 239 g/mol. The number of benzene rings is 1. The van der Waals surface area contributed by atoms with Gasteiger partial charge in [0.2, 0.25) is 0 Å². The maximum atomic E-state index is 5.83. The van der Waals surface area contributed by atoms with E-state index in [1.165, 1.54) is 0 Å². The second-order valence-electron chi connectivity index (χ2n) is 2.34. The van der Waals surface area contributed by atoms with Crippen LogP contribution in [0.1, 0.15) is 0 Å². The van der Waals surface area contributed by atoms with Crippen LogP contribution in [0.25, 0.3) is 10.8 Å². The zero-order valence-corrected chi connectivity index (χ0v) is 8.30. The van der Waals surface area contributed by atoms with Gasteiger partial charge in [0.1, 0.15) is 0 Å². The lowest BCUT2D eigenvalue weighted by Gasteiger charge is -1.98. The van der Waals surface area contributed by atoms with E-state index in [1.54, 1.807) is 6.20 Å². The van der Waals surface area contributed by atoms with E-state index in [4.69, 9.17) is 11.6 Å². The van der Waals surface area contributed by atoms with Crippen molar-refractivity contribution in [1.82, 2.24) is 10.2 Å². The van der Waals surface area contributed by atoms with Crippen molar-refractivity contribution in [3.8, 4) is 0 Å². The summed E-state index contributed by atoms with van der Waals surface area (Å²) in [5, 5.41) is 9.84. The van der Waals surface area contributed by atoms with Gasteiger partial charge in [-0.05, 0) is 6.07 Å². The van der Waals surface area contributed by atoms with Gasteiger partial charge in [-0.25, -0.2) is 0 Å². The fraction of sp³-hybridized carbons (Fsp3) is 0. The molecule has 0 N–H and O–H groups in total. The molecule has 4 heteroatoms. The van der Waals surface area contributed by atoms with Crippen LogP contribution in [0.15, 0.2) is 28.9 Å². The van der Waals surface area contributed by atoms with Crippen LogP contribution in [0.3, 0.4) is 0 Å². The lowest BCUT2D eigenvalue weighted by atomic mass is 10.2. The molecule has 0 atom stereocenters. The molecule has 0 saturated carbocycles. The first-order chi connectivity index (χ1) is 5.79. The number of hydrogen-bond donors (Lipinski definition) is 0. The lowest BCUT2D eigenvalue weighted by molar-refractivity contribution is 1.05. The van der Waals surface area contributed by atoms with E-state index in [0.29, 0.717) is 5.15 Å². The van der Waals surface area contributed by atoms with Gasteiger partial charge in [0.15, 0.2) is 5.15 Å². The van der Waals surface area contributed by atoms with Crippen LogP contribution in [-0.4, -0.2) is 10.2 Å². The third-order valence-electron chi connectivity index (χ3n) is 1.61. The van der Waals surface area contributed by atoms with Crippen molar-refractivity contribution < 1.29 is 0 Å². The van der Waals surface area contributed by atoms with E-state index in [9.17, 15) is 0 Å². The van der Waals surface area contributed by atoms with Crippen LogP contribution in [0.5, 0.6) is 0 Å². The largest absolute Gasteiger partial charge is 0.159 e. The molecule has 2 aromatic rings. The van der Waals surface area contributed by atoms with E-state index in [1.807, 2.05) is 18.2 Å². The van der Waals surface area contributed by atoms with Gasteiger partial charge in [-0.1, -0.05) is 39.7 Å². The second kappa shape index (κ2) is 2.99. The molecule has 0 aliphatic heterocycles. The normalized spacial score (nSPS) is 10.5. The van der Waals surface area contributed by atoms with Crippen LogP contribution in [0, 0.1) is 0 Å². The summed E-state index contributed by atoms with van der Waals surface area (Å²) in [4.78, 5) is 0. The average Bonchev–Trinajstić information content (AvgIpc) is 2.07. The Bertz CT molecular complexity index is 389. The molecule has 0 aliphatic rings. The van der Waals surface area contributed by atoms with Crippen molar-refractivity contribution in [2.45, 2.75) is 0 Å². The first-order valence-corrected chi connectivity index (χ1v) is 4.51. The number of fused-ring (bicyclic) bond motifs is 1. The van der Waals surface area contributed by atoms with Gasteiger partial charge in [-0.3, -0.25) is 0 Å². The molecule has 0 bridgehead atoms. The van der Waals surface area contributed by atoms with Crippen LogP contribution in [-0.2, 0) is 0 Å². The molecule has 0 aliphatic carbocycles. The Morgan fingerprint density at radius 3 is 2.83 bits per heavy atom. The van der Waals surface area contributed by atoms with Gasteiger partial charge in [0.25, 0.3) is 0 Å². The van der Waals surface area contributed by atoms with Crippen molar-refractivity contribution >= 4 is 38.3 Å². The Labute approximate surface area is 82.7 Å². The second-order valence-corrected chi connectivity index (χ2v) is 3.55. The van der Waals surface area contributed by atoms with Crippen LogP contribution in [0.4, 0.5) is 0 Å². The molecule has 1 aromatic heterocycles. The van der Waals surface area contributed by atoms with E-state index >= 15 is 0 Å². The van der Waals surface area contributed by atoms with Crippen molar-refractivity contribution in [1.29, 1.82) is 0 Å².